The van der Waals surface area contributed by atoms with Gasteiger partial charge in [0.1, 0.15) is 6.61 Å². The van der Waals surface area contributed by atoms with Gasteiger partial charge in [0.2, 0.25) is 12.9 Å². The molecule has 2 heterocycles. The summed E-state index contributed by atoms with van der Waals surface area (Å²) in [5, 5.41) is 0. The number of nitrogens with zero attached hydrogens (tertiary/aromatic N) is 1. The maximum Gasteiger partial charge on any atom is 0.267 e. The topological polar surface area (TPSA) is 57.2 Å². The van der Waals surface area contributed by atoms with Gasteiger partial charge in [-0.15, -0.1) is 0 Å². The van der Waals surface area contributed by atoms with Crippen LogP contribution in [-0.2, 0) is 11.3 Å². The minimum atomic E-state index is -0.621. The van der Waals surface area contributed by atoms with Crippen LogP contribution in [0.3, 0.4) is 0 Å². The lowest BCUT2D eigenvalue weighted by Crippen LogP contribution is -2.49. The average molecular weight is 381 g/mol. The Morgan fingerprint density at radius 3 is 2.54 bits per heavy atom. The number of amides is 1. The molecule has 2 aromatic carbocycles. The van der Waals surface area contributed by atoms with Crippen LogP contribution < -0.4 is 18.9 Å². The van der Waals surface area contributed by atoms with E-state index in [4.69, 9.17) is 18.9 Å². The second-order valence-electron chi connectivity index (χ2n) is 7.46. The van der Waals surface area contributed by atoms with Crippen molar-refractivity contribution in [3.05, 3.63) is 48.0 Å². The molecule has 2 aromatic rings. The van der Waals surface area contributed by atoms with Crippen LogP contribution in [0.25, 0.3) is 0 Å². The van der Waals surface area contributed by atoms with Crippen molar-refractivity contribution in [2.24, 2.45) is 0 Å². The van der Waals surface area contributed by atoms with E-state index >= 15 is 0 Å². The average Bonchev–Trinajstić information content (AvgIpc) is 3.42. The number of rotatable bonds is 4. The van der Waals surface area contributed by atoms with E-state index < -0.39 is 6.10 Å². The summed E-state index contributed by atoms with van der Waals surface area (Å²) in [5.41, 5.74) is 1.03. The Morgan fingerprint density at radius 1 is 0.929 bits per heavy atom. The quantitative estimate of drug-likeness (QED) is 0.811. The van der Waals surface area contributed by atoms with E-state index in [2.05, 4.69) is 0 Å². The molecule has 0 spiro atoms. The van der Waals surface area contributed by atoms with Gasteiger partial charge in [-0.3, -0.25) is 4.79 Å². The zero-order valence-electron chi connectivity index (χ0n) is 15.6. The largest absolute Gasteiger partial charge is 0.485 e. The van der Waals surface area contributed by atoms with Crippen molar-refractivity contribution in [1.29, 1.82) is 0 Å². The number of ether oxygens (including phenoxy) is 4. The van der Waals surface area contributed by atoms with Crippen LogP contribution in [0.1, 0.15) is 31.2 Å². The highest BCUT2D eigenvalue weighted by atomic mass is 16.7. The molecular formula is C22H23NO5. The summed E-state index contributed by atoms with van der Waals surface area (Å²) in [6.45, 7) is 1.01. The highest BCUT2D eigenvalue weighted by Crippen LogP contribution is 2.35. The SMILES string of the molecule is O=C(C1COc2ccccc2O1)N(Cc1ccc2c(c1)OCO2)C1CCCC1. The monoisotopic (exact) mass is 381 g/mol. The van der Waals surface area contributed by atoms with Gasteiger partial charge in [-0.25, -0.2) is 0 Å². The number of carbonyl (C=O) groups is 1. The molecule has 0 N–H and O–H groups in total. The third-order valence-corrected chi connectivity index (χ3v) is 5.62. The number of fused-ring (bicyclic) bond motifs is 2. The minimum absolute atomic E-state index is 0.0148. The van der Waals surface area contributed by atoms with E-state index in [1.807, 2.05) is 47.4 Å². The summed E-state index contributed by atoms with van der Waals surface area (Å²) < 4.78 is 22.6. The fraction of sp³-hybridized carbons (Fsp3) is 0.409. The molecule has 0 saturated heterocycles. The van der Waals surface area contributed by atoms with Crippen LogP contribution in [-0.4, -0.2) is 36.4 Å². The van der Waals surface area contributed by atoms with Gasteiger partial charge in [-0.2, -0.15) is 0 Å². The summed E-state index contributed by atoms with van der Waals surface area (Å²) in [7, 11) is 0. The molecule has 6 heteroatoms. The van der Waals surface area contributed by atoms with Crippen molar-refractivity contribution in [1.82, 2.24) is 4.90 Å². The van der Waals surface area contributed by atoms with Crippen molar-refractivity contribution < 1.29 is 23.7 Å². The van der Waals surface area contributed by atoms with Gasteiger partial charge in [0.15, 0.2) is 23.0 Å². The Bertz CT molecular complexity index is 877. The number of benzene rings is 2. The van der Waals surface area contributed by atoms with Crippen LogP contribution in [0.5, 0.6) is 23.0 Å². The van der Waals surface area contributed by atoms with Gasteiger partial charge < -0.3 is 23.8 Å². The Morgan fingerprint density at radius 2 is 1.68 bits per heavy atom. The first-order valence-corrected chi connectivity index (χ1v) is 9.85. The van der Waals surface area contributed by atoms with Crippen LogP contribution in [0.15, 0.2) is 42.5 Å². The van der Waals surface area contributed by atoms with Crippen LogP contribution >= 0.6 is 0 Å². The molecule has 1 aliphatic carbocycles. The molecule has 146 valence electrons. The molecule has 5 rings (SSSR count). The van der Waals surface area contributed by atoms with Crippen LogP contribution in [0.4, 0.5) is 0 Å². The zero-order chi connectivity index (χ0) is 18.9. The zero-order valence-corrected chi connectivity index (χ0v) is 15.6. The molecule has 0 bridgehead atoms. The van der Waals surface area contributed by atoms with Crippen molar-refractivity contribution in [2.45, 2.75) is 44.4 Å². The first-order chi connectivity index (χ1) is 13.8. The molecule has 0 aromatic heterocycles. The summed E-state index contributed by atoms with van der Waals surface area (Å²) in [4.78, 5) is 15.4. The van der Waals surface area contributed by atoms with Gasteiger partial charge >= 0.3 is 0 Å². The van der Waals surface area contributed by atoms with Gasteiger partial charge in [0, 0.05) is 12.6 Å². The Balaban J connectivity index is 1.37. The Labute approximate surface area is 163 Å². The van der Waals surface area contributed by atoms with Crippen molar-refractivity contribution in [3.8, 4) is 23.0 Å². The molecule has 28 heavy (non-hydrogen) atoms. The Kier molecular flexibility index (Phi) is 4.47. The van der Waals surface area contributed by atoms with Crippen molar-refractivity contribution in [3.63, 3.8) is 0 Å². The predicted octanol–water partition coefficient (Wildman–Crippen LogP) is 3.53. The molecule has 1 unspecified atom stereocenters. The van der Waals surface area contributed by atoms with Crippen molar-refractivity contribution >= 4 is 5.91 Å². The van der Waals surface area contributed by atoms with E-state index in [1.165, 1.54) is 0 Å². The van der Waals surface area contributed by atoms with Crippen molar-refractivity contribution in [2.75, 3.05) is 13.4 Å². The second-order valence-corrected chi connectivity index (χ2v) is 7.46. The van der Waals surface area contributed by atoms with Gasteiger partial charge in [-0.1, -0.05) is 31.0 Å². The predicted molar refractivity (Wildman–Crippen MR) is 102 cm³/mol. The number of hydrogen-bond acceptors (Lipinski definition) is 5. The van der Waals surface area contributed by atoms with Crippen LogP contribution in [0.2, 0.25) is 0 Å². The number of para-hydroxylation sites is 2. The van der Waals surface area contributed by atoms with E-state index in [0.717, 1.165) is 42.7 Å². The smallest absolute Gasteiger partial charge is 0.267 e. The maximum atomic E-state index is 13.4. The first-order valence-electron chi connectivity index (χ1n) is 9.85. The van der Waals surface area contributed by atoms with E-state index in [1.54, 1.807) is 0 Å². The lowest BCUT2D eigenvalue weighted by atomic mass is 10.1. The van der Waals surface area contributed by atoms with E-state index in [9.17, 15) is 4.79 Å². The molecule has 1 fully saturated rings. The number of hydrogen-bond donors (Lipinski definition) is 0. The second kappa shape index (κ2) is 7.26. The summed E-state index contributed by atoms with van der Waals surface area (Å²) in [6.07, 6.45) is 3.74. The lowest BCUT2D eigenvalue weighted by molar-refractivity contribution is -0.144. The molecular weight excluding hydrogens is 358 g/mol. The highest BCUT2D eigenvalue weighted by molar-refractivity contribution is 5.82. The summed E-state index contributed by atoms with van der Waals surface area (Å²) >= 11 is 0. The van der Waals surface area contributed by atoms with Gasteiger partial charge in [0.25, 0.3) is 5.91 Å². The first kappa shape index (κ1) is 17.2. The summed E-state index contributed by atoms with van der Waals surface area (Å²) in [5.74, 6) is 2.79. The van der Waals surface area contributed by atoms with E-state index in [0.29, 0.717) is 18.0 Å². The third kappa shape index (κ3) is 3.23. The van der Waals surface area contributed by atoms with Gasteiger partial charge in [-0.05, 0) is 42.7 Å². The Hall–Kier alpha value is -2.89. The third-order valence-electron chi connectivity index (χ3n) is 5.62. The molecule has 1 atom stereocenters. The molecule has 1 amide bonds. The van der Waals surface area contributed by atoms with Crippen LogP contribution in [0, 0.1) is 0 Å². The molecule has 3 aliphatic rings. The fourth-order valence-corrected chi connectivity index (χ4v) is 4.17. The minimum Gasteiger partial charge on any atom is -0.485 e. The number of carbonyl (C=O) groups excluding carboxylic acids is 1. The lowest BCUT2D eigenvalue weighted by Gasteiger charge is -2.34. The van der Waals surface area contributed by atoms with Gasteiger partial charge in [0.05, 0.1) is 0 Å². The molecule has 6 nitrogen and oxygen atoms in total. The highest BCUT2D eigenvalue weighted by Gasteiger charge is 2.35. The summed E-state index contributed by atoms with van der Waals surface area (Å²) in [6, 6.07) is 13.6. The molecule has 2 aliphatic heterocycles. The van der Waals surface area contributed by atoms with E-state index in [-0.39, 0.29) is 25.3 Å². The fourth-order valence-electron chi connectivity index (χ4n) is 4.17. The maximum absolute atomic E-state index is 13.4. The standard InChI is InChI=1S/C22H23NO5/c24-22(21-13-25-17-7-3-4-8-19(17)28-21)23(16-5-1-2-6-16)12-15-9-10-18-20(11-15)27-14-26-18/h3-4,7-11,16,21H,1-2,5-6,12-14H2. The normalized spacial score (nSPS) is 20.2. The molecule has 1 saturated carbocycles. The molecule has 0 radical (unpaired) electrons.